The highest BCUT2D eigenvalue weighted by molar-refractivity contribution is 5.91. The molecule has 130 valence electrons. The number of anilines is 1. The summed E-state index contributed by atoms with van der Waals surface area (Å²) in [7, 11) is 4.92. The molecule has 0 spiro atoms. The van der Waals surface area contributed by atoms with E-state index in [2.05, 4.69) is 20.7 Å². The smallest absolute Gasteiger partial charge is 0.246 e. The molecule has 0 fully saturated rings. The van der Waals surface area contributed by atoms with Crippen LogP contribution in [0.4, 0.5) is 5.69 Å². The normalized spacial score (nSPS) is 10.5. The van der Waals surface area contributed by atoms with Crippen LogP contribution in [0.15, 0.2) is 36.7 Å². The van der Waals surface area contributed by atoms with Crippen LogP contribution < -0.4 is 14.8 Å². The maximum Gasteiger partial charge on any atom is 0.246 e. The lowest BCUT2D eigenvalue weighted by Gasteiger charge is -2.09. The monoisotopic (exact) mass is 342 g/mol. The first-order valence-electron chi connectivity index (χ1n) is 7.50. The molecule has 1 aromatic carbocycles. The van der Waals surface area contributed by atoms with Crippen molar-refractivity contribution in [1.29, 1.82) is 0 Å². The summed E-state index contributed by atoms with van der Waals surface area (Å²) in [6, 6.07) is 6.98. The van der Waals surface area contributed by atoms with Gasteiger partial charge in [-0.3, -0.25) is 9.48 Å². The zero-order chi connectivity index (χ0) is 17.8. The third-order valence-corrected chi connectivity index (χ3v) is 3.46. The Kier molecular flexibility index (Phi) is 4.64. The van der Waals surface area contributed by atoms with Crippen LogP contribution in [0.5, 0.6) is 11.5 Å². The van der Waals surface area contributed by atoms with Crippen molar-refractivity contribution in [2.24, 2.45) is 7.05 Å². The van der Waals surface area contributed by atoms with Crippen LogP contribution >= 0.6 is 0 Å². The van der Waals surface area contributed by atoms with Crippen molar-refractivity contribution in [3.63, 3.8) is 0 Å². The van der Waals surface area contributed by atoms with Gasteiger partial charge >= 0.3 is 0 Å². The van der Waals surface area contributed by atoms with Gasteiger partial charge in [-0.25, -0.2) is 4.68 Å². The van der Waals surface area contributed by atoms with E-state index in [0.717, 1.165) is 0 Å². The number of hydrogen-bond donors (Lipinski definition) is 1. The topological polar surface area (TPSA) is 96.1 Å². The van der Waals surface area contributed by atoms with E-state index in [1.54, 1.807) is 43.3 Å². The minimum atomic E-state index is -0.243. The second-order valence-electron chi connectivity index (χ2n) is 5.33. The molecule has 1 amide bonds. The van der Waals surface area contributed by atoms with Crippen LogP contribution in [0, 0.1) is 0 Å². The van der Waals surface area contributed by atoms with Crippen LogP contribution in [0.3, 0.4) is 0 Å². The van der Waals surface area contributed by atoms with Crippen molar-refractivity contribution in [3.05, 3.63) is 36.7 Å². The zero-order valence-electron chi connectivity index (χ0n) is 14.1. The van der Waals surface area contributed by atoms with Gasteiger partial charge in [-0.1, -0.05) is 5.21 Å². The minimum absolute atomic E-state index is 0.0271. The molecule has 0 aliphatic heterocycles. The number of carbonyl (C=O) groups excluding carboxylic acids is 1. The summed E-state index contributed by atoms with van der Waals surface area (Å²) in [6.45, 7) is 0.0271. The van der Waals surface area contributed by atoms with Gasteiger partial charge in [-0.05, 0) is 6.07 Å². The van der Waals surface area contributed by atoms with Gasteiger partial charge in [0.05, 0.1) is 20.4 Å². The van der Waals surface area contributed by atoms with Crippen LogP contribution in [0.1, 0.15) is 0 Å². The van der Waals surface area contributed by atoms with Crippen molar-refractivity contribution in [2.75, 3.05) is 19.5 Å². The number of hydrogen-bond acceptors (Lipinski definition) is 6. The Balaban J connectivity index is 1.68. The Hall–Kier alpha value is -3.36. The van der Waals surface area contributed by atoms with Crippen molar-refractivity contribution >= 4 is 11.6 Å². The van der Waals surface area contributed by atoms with E-state index in [0.29, 0.717) is 28.6 Å². The molecular weight excluding hydrogens is 324 g/mol. The van der Waals surface area contributed by atoms with E-state index < -0.39 is 0 Å². The standard InChI is InChI=1S/C16H18N6O3/c1-21-5-4-14(19-21)15-9-22(20-18-15)10-16(23)17-11-6-12(24-2)8-13(7-11)25-3/h4-9H,10H2,1-3H3,(H,17,23). The zero-order valence-corrected chi connectivity index (χ0v) is 14.1. The first kappa shape index (κ1) is 16.5. The summed E-state index contributed by atoms with van der Waals surface area (Å²) in [5.74, 6) is 0.938. The van der Waals surface area contributed by atoms with E-state index in [1.807, 2.05) is 19.3 Å². The number of benzene rings is 1. The molecule has 0 aliphatic rings. The van der Waals surface area contributed by atoms with E-state index >= 15 is 0 Å². The van der Waals surface area contributed by atoms with Crippen molar-refractivity contribution < 1.29 is 14.3 Å². The molecule has 9 heteroatoms. The summed E-state index contributed by atoms with van der Waals surface area (Å²) in [5.41, 5.74) is 1.88. The van der Waals surface area contributed by atoms with E-state index in [-0.39, 0.29) is 12.5 Å². The fraction of sp³-hybridized carbons (Fsp3) is 0.250. The minimum Gasteiger partial charge on any atom is -0.497 e. The molecule has 2 heterocycles. The SMILES string of the molecule is COc1cc(NC(=O)Cn2cc(-c3ccn(C)n3)nn2)cc(OC)c1. The average molecular weight is 342 g/mol. The Bertz CT molecular complexity index is 863. The molecule has 0 radical (unpaired) electrons. The van der Waals surface area contributed by atoms with Gasteiger partial charge in [0.2, 0.25) is 5.91 Å². The molecule has 1 N–H and O–H groups in total. The molecule has 9 nitrogen and oxygen atoms in total. The van der Waals surface area contributed by atoms with Gasteiger partial charge in [0.1, 0.15) is 29.4 Å². The molecule has 0 atom stereocenters. The van der Waals surface area contributed by atoms with Gasteiger partial charge in [0.25, 0.3) is 0 Å². The highest BCUT2D eigenvalue weighted by atomic mass is 16.5. The first-order chi connectivity index (χ1) is 12.1. The number of amides is 1. The quantitative estimate of drug-likeness (QED) is 0.726. The Morgan fingerprint density at radius 1 is 1.16 bits per heavy atom. The van der Waals surface area contributed by atoms with Gasteiger partial charge in [-0.15, -0.1) is 5.10 Å². The molecule has 3 rings (SSSR count). The maximum atomic E-state index is 12.2. The summed E-state index contributed by atoms with van der Waals surface area (Å²) in [4.78, 5) is 12.2. The molecule has 0 aliphatic carbocycles. The van der Waals surface area contributed by atoms with Gasteiger partial charge in [0, 0.05) is 37.1 Å². The predicted octanol–water partition coefficient (Wildman–Crippen LogP) is 1.33. The summed E-state index contributed by atoms with van der Waals surface area (Å²) < 4.78 is 13.5. The number of nitrogens with zero attached hydrogens (tertiary/aromatic N) is 5. The Labute approximate surface area is 144 Å². The number of methoxy groups -OCH3 is 2. The van der Waals surface area contributed by atoms with Crippen molar-refractivity contribution in [1.82, 2.24) is 24.8 Å². The van der Waals surface area contributed by atoms with Crippen LogP contribution in [-0.2, 0) is 18.4 Å². The molecule has 3 aromatic rings. The second-order valence-corrected chi connectivity index (χ2v) is 5.33. The first-order valence-corrected chi connectivity index (χ1v) is 7.50. The summed E-state index contributed by atoms with van der Waals surface area (Å²) >= 11 is 0. The maximum absolute atomic E-state index is 12.2. The lowest BCUT2D eigenvalue weighted by molar-refractivity contribution is -0.116. The predicted molar refractivity (Wildman–Crippen MR) is 90.4 cm³/mol. The Morgan fingerprint density at radius 2 is 1.88 bits per heavy atom. The number of nitrogens with one attached hydrogen (secondary N) is 1. The molecular formula is C16H18N6O3. The van der Waals surface area contributed by atoms with Crippen LogP contribution in [-0.4, -0.2) is 44.9 Å². The highest BCUT2D eigenvalue weighted by Crippen LogP contribution is 2.25. The average Bonchev–Trinajstić information content (AvgIpc) is 3.23. The lowest BCUT2D eigenvalue weighted by atomic mass is 10.2. The molecule has 0 unspecified atom stereocenters. The Morgan fingerprint density at radius 3 is 2.48 bits per heavy atom. The molecule has 0 saturated carbocycles. The fourth-order valence-corrected chi connectivity index (χ4v) is 2.27. The summed E-state index contributed by atoms with van der Waals surface area (Å²) in [5, 5.41) is 15.0. The number of ether oxygens (including phenoxy) is 2. The molecule has 25 heavy (non-hydrogen) atoms. The van der Waals surface area contributed by atoms with Gasteiger partial charge in [0.15, 0.2) is 0 Å². The number of aromatic nitrogens is 5. The number of aryl methyl sites for hydroxylation is 1. The molecule has 0 bridgehead atoms. The van der Waals surface area contributed by atoms with E-state index in [4.69, 9.17) is 9.47 Å². The molecule has 0 saturated heterocycles. The van der Waals surface area contributed by atoms with Crippen LogP contribution in [0.25, 0.3) is 11.4 Å². The molecule has 2 aromatic heterocycles. The van der Waals surface area contributed by atoms with Crippen molar-refractivity contribution in [3.8, 4) is 22.9 Å². The fourth-order valence-electron chi connectivity index (χ4n) is 2.27. The van der Waals surface area contributed by atoms with E-state index in [1.165, 1.54) is 4.68 Å². The van der Waals surface area contributed by atoms with Gasteiger partial charge < -0.3 is 14.8 Å². The van der Waals surface area contributed by atoms with Crippen LogP contribution in [0.2, 0.25) is 0 Å². The van der Waals surface area contributed by atoms with Gasteiger partial charge in [-0.2, -0.15) is 5.10 Å². The van der Waals surface area contributed by atoms with E-state index in [9.17, 15) is 4.79 Å². The number of carbonyl (C=O) groups is 1. The summed E-state index contributed by atoms with van der Waals surface area (Å²) in [6.07, 6.45) is 3.49. The number of rotatable bonds is 6. The lowest BCUT2D eigenvalue weighted by Crippen LogP contribution is -2.19. The third kappa shape index (κ3) is 3.94. The highest BCUT2D eigenvalue weighted by Gasteiger charge is 2.11. The van der Waals surface area contributed by atoms with Crippen molar-refractivity contribution in [2.45, 2.75) is 6.54 Å². The second kappa shape index (κ2) is 7.04. The largest absolute Gasteiger partial charge is 0.497 e. The third-order valence-electron chi connectivity index (χ3n) is 3.46.